The van der Waals surface area contributed by atoms with Gasteiger partial charge >= 0.3 is 0 Å². The highest BCUT2D eigenvalue weighted by molar-refractivity contribution is 5.96. The van der Waals surface area contributed by atoms with Crippen molar-refractivity contribution in [3.63, 3.8) is 0 Å². The molecule has 0 N–H and O–H groups in total. The molecule has 0 radical (unpaired) electrons. The van der Waals surface area contributed by atoms with Gasteiger partial charge in [0, 0.05) is 37.3 Å². The van der Waals surface area contributed by atoms with E-state index in [0.29, 0.717) is 48.7 Å². The number of carbonyl (C=O) groups is 1. The summed E-state index contributed by atoms with van der Waals surface area (Å²) in [7, 11) is 0. The van der Waals surface area contributed by atoms with Gasteiger partial charge in [-0.3, -0.25) is 9.69 Å². The molecule has 1 atom stereocenters. The fourth-order valence-corrected chi connectivity index (χ4v) is 4.66. The molecule has 6 heteroatoms. The quantitative estimate of drug-likeness (QED) is 0.534. The zero-order valence-electron chi connectivity index (χ0n) is 20.1. The third-order valence-electron chi connectivity index (χ3n) is 6.31. The molecule has 6 nitrogen and oxygen atoms in total. The van der Waals surface area contributed by atoms with E-state index in [1.165, 1.54) is 18.4 Å². The molecule has 1 heterocycles. The van der Waals surface area contributed by atoms with E-state index in [1.807, 2.05) is 43.9 Å². The van der Waals surface area contributed by atoms with E-state index in [1.54, 1.807) is 0 Å². The van der Waals surface area contributed by atoms with Crippen molar-refractivity contribution in [3.8, 4) is 17.2 Å². The van der Waals surface area contributed by atoms with Crippen molar-refractivity contribution in [1.29, 1.82) is 0 Å². The Morgan fingerprint density at radius 3 is 2.12 bits per heavy atom. The zero-order valence-corrected chi connectivity index (χ0v) is 20.1. The molecule has 1 saturated heterocycles. The second kappa shape index (κ2) is 10.9. The SMILES string of the molecule is CCOc1cc(C(=O)N2CCN(C3CC3)CC2Cc2ccccc2)cc(OCC)c1OCC. The van der Waals surface area contributed by atoms with Crippen LogP contribution in [0.3, 0.4) is 0 Å². The largest absolute Gasteiger partial charge is 0.490 e. The predicted octanol–water partition coefficient (Wildman–Crippen LogP) is 4.41. The van der Waals surface area contributed by atoms with Crippen LogP contribution in [0.2, 0.25) is 0 Å². The average molecular weight is 453 g/mol. The molecule has 2 aromatic carbocycles. The standard InChI is InChI=1S/C27H36N2O4/c1-4-31-24-17-21(18-25(32-5-2)26(24)33-6-3)27(30)29-15-14-28(22-12-13-22)19-23(29)16-20-10-8-7-9-11-20/h7-11,17-18,22-23H,4-6,12-16,19H2,1-3H3. The lowest BCUT2D eigenvalue weighted by molar-refractivity contribution is 0.0436. The highest BCUT2D eigenvalue weighted by Gasteiger charge is 2.37. The Hall–Kier alpha value is -2.73. The highest BCUT2D eigenvalue weighted by Crippen LogP contribution is 2.40. The molecule has 1 aliphatic heterocycles. The van der Waals surface area contributed by atoms with Crippen molar-refractivity contribution < 1.29 is 19.0 Å². The Balaban J connectivity index is 1.63. The number of piperazine rings is 1. The summed E-state index contributed by atoms with van der Waals surface area (Å²) in [5.74, 6) is 1.71. The number of hydrogen-bond donors (Lipinski definition) is 0. The maximum Gasteiger partial charge on any atom is 0.254 e. The van der Waals surface area contributed by atoms with Gasteiger partial charge in [-0.05, 0) is 57.7 Å². The molecule has 33 heavy (non-hydrogen) atoms. The first kappa shape index (κ1) is 23.4. The molecule has 0 bridgehead atoms. The first-order valence-corrected chi connectivity index (χ1v) is 12.3. The molecule has 178 valence electrons. The minimum Gasteiger partial charge on any atom is -0.490 e. The van der Waals surface area contributed by atoms with Gasteiger partial charge in [-0.2, -0.15) is 0 Å². The van der Waals surface area contributed by atoms with Crippen molar-refractivity contribution in [2.24, 2.45) is 0 Å². The van der Waals surface area contributed by atoms with Gasteiger partial charge < -0.3 is 19.1 Å². The first-order valence-electron chi connectivity index (χ1n) is 12.3. The molecule has 2 aliphatic rings. The monoisotopic (exact) mass is 452 g/mol. The maximum atomic E-state index is 13.8. The smallest absolute Gasteiger partial charge is 0.254 e. The second-order valence-electron chi connectivity index (χ2n) is 8.67. The van der Waals surface area contributed by atoms with E-state index in [4.69, 9.17) is 14.2 Å². The van der Waals surface area contributed by atoms with Crippen LogP contribution in [0.5, 0.6) is 17.2 Å². The van der Waals surface area contributed by atoms with Crippen LogP contribution in [0.25, 0.3) is 0 Å². The van der Waals surface area contributed by atoms with Gasteiger partial charge in [0.05, 0.1) is 19.8 Å². The fraction of sp³-hybridized carbons (Fsp3) is 0.519. The lowest BCUT2D eigenvalue weighted by Gasteiger charge is -2.42. The summed E-state index contributed by atoms with van der Waals surface area (Å²) >= 11 is 0. The maximum absolute atomic E-state index is 13.8. The average Bonchev–Trinajstić information content (AvgIpc) is 3.67. The third kappa shape index (κ3) is 5.61. The number of carbonyl (C=O) groups excluding carboxylic acids is 1. The van der Waals surface area contributed by atoms with Crippen LogP contribution in [0, 0.1) is 0 Å². The number of nitrogens with zero attached hydrogens (tertiary/aromatic N) is 2. The Labute approximate surface area is 197 Å². The Bertz CT molecular complexity index is 902. The van der Waals surface area contributed by atoms with Gasteiger partial charge in [0.25, 0.3) is 5.91 Å². The molecular weight excluding hydrogens is 416 g/mol. The Morgan fingerprint density at radius 1 is 0.909 bits per heavy atom. The normalized spacial score (nSPS) is 18.8. The summed E-state index contributed by atoms with van der Waals surface area (Å²) in [5.41, 5.74) is 1.85. The van der Waals surface area contributed by atoms with Crippen LogP contribution in [0.1, 0.15) is 49.5 Å². The minimum absolute atomic E-state index is 0.0244. The van der Waals surface area contributed by atoms with E-state index in [0.717, 1.165) is 26.1 Å². The van der Waals surface area contributed by atoms with Crippen LogP contribution in [0.4, 0.5) is 0 Å². The zero-order chi connectivity index (χ0) is 23.2. The van der Waals surface area contributed by atoms with Gasteiger partial charge in [0.2, 0.25) is 5.75 Å². The van der Waals surface area contributed by atoms with Gasteiger partial charge in [0.1, 0.15) is 0 Å². The van der Waals surface area contributed by atoms with E-state index in [9.17, 15) is 4.79 Å². The summed E-state index contributed by atoms with van der Waals surface area (Å²) in [5, 5.41) is 0. The van der Waals surface area contributed by atoms with Gasteiger partial charge in [0.15, 0.2) is 11.5 Å². The molecular formula is C27H36N2O4. The van der Waals surface area contributed by atoms with Crippen molar-refractivity contribution in [1.82, 2.24) is 9.80 Å². The van der Waals surface area contributed by atoms with Crippen LogP contribution in [-0.4, -0.2) is 67.2 Å². The van der Waals surface area contributed by atoms with E-state index < -0.39 is 0 Å². The number of rotatable bonds is 10. The number of ether oxygens (including phenoxy) is 3. The van der Waals surface area contributed by atoms with Gasteiger partial charge in [-0.25, -0.2) is 0 Å². The molecule has 1 saturated carbocycles. The minimum atomic E-state index is 0.0244. The summed E-state index contributed by atoms with van der Waals surface area (Å²) < 4.78 is 17.5. The molecule has 1 unspecified atom stereocenters. The van der Waals surface area contributed by atoms with Gasteiger partial charge in [-0.15, -0.1) is 0 Å². The molecule has 4 rings (SSSR count). The lowest BCUT2D eigenvalue weighted by Crippen LogP contribution is -2.56. The van der Waals surface area contributed by atoms with Crippen molar-refractivity contribution in [2.45, 2.75) is 52.1 Å². The van der Waals surface area contributed by atoms with Crippen LogP contribution < -0.4 is 14.2 Å². The number of benzene rings is 2. The highest BCUT2D eigenvalue weighted by atomic mass is 16.5. The fourth-order valence-electron chi connectivity index (χ4n) is 4.66. The van der Waals surface area contributed by atoms with E-state index in [2.05, 4.69) is 29.2 Å². The van der Waals surface area contributed by atoms with Crippen LogP contribution >= 0.6 is 0 Å². The molecule has 2 fully saturated rings. The topological polar surface area (TPSA) is 51.2 Å². The van der Waals surface area contributed by atoms with E-state index >= 15 is 0 Å². The lowest BCUT2D eigenvalue weighted by atomic mass is 10.0. The van der Waals surface area contributed by atoms with E-state index in [-0.39, 0.29) is 11.9 Å². The summed E-state index contributed by atoms with van der Waals surface area (Å²) in [6.45, 7) is 9.82. The second-order valence-corrected chi connectivity index (χ2v) is 8.67. The van der Waals surface area contributed by atoms with Crippen molar-refractivity contribution in [3.05, 3.63) is 53.6 Å². The summed E-state index contributed by atoms with van der Waals surface area (Å²) in [6, 6.07) is 14.9. The summed E-state index contributed by atoms with van der Waals surface area (Å²) in [4.78, 5) is 18.4. The number of amides is 1. The first-order chi connectivity index (χ1) is 16.1. The van der Waals surface area contributed by atoms with Crippen LogP contribution in [0.15, 0.2) is 42.5 Å². The van der Waals surface area contributed by atoms with Crippen molar-refractivity contribution >= 4 is 5.91 Å². The van der Waals surface area contributed by atoms with Crippen LogP contribution in [-0.2, 0) is 6.42 Å². The molecule has 1 aliphatic carbocycles. The summed E-state index contributed by atoms with van der Waals surface area (Å²) in [6.07, 6.45) is 3.41. The molecule has 0 aromatic heterocycles. The molecule has 1 amide bonds. The van der Waals surface area contributed by atoms with Crippen molar-refractivity contribution in [2.75, 3.05) is 39.5 Å². The van der Waals surface area contributed by atoms with Gasteiger partial charge in [-0.1, -0.05) is 30.3 Å². The predicted molar refractivity (Wildman–Crippen MR) is 130 cm³/mol. The molecule has 2 aromatic rings. The molecule has 0 spiro atoms. The number of hydrogen-bond acceptors (Lipinski definition) is 5. The third-order valence-corrected chi connectivity index (χ3v) is 6.31. The Kier molecular flexibility index (Phi) is 7.76. The Morgan fingerprint density at radius 2 is 1.55 bits per heavy atom.